The maximum atomic E-state index is 12.0. The molecule has 1 rings (SSSR count). The number of carbonyl (C=O) groups is 1. The number of aromatic hydroxyl groups is 1. The molecule has 1 aromatic heterocycles. The molecule has 3 N–H and O–H groups in total. The first-order chi connectivity index (χ1) is 8.30. The highest BCUT2D eigenvalue weighted by molar-refractivity contribution is 5.94. The predicted octanol–water partition coefficient (Wildman–Crippen LogP) is 0.931. The second-order valence-corrected chi connectivity index (χ2v) is 3.06. The molecule has 6 nitrogen and oxygen atoms in total. The third-order valence-corrected chi connectivity index (χ3v) is 1.92. The molecule has 0 spiro atoms. The molecule has 0 bridgehead atoms. The fourth-order valence-electron chi connectivity index (χ4n) is 1.19. The number of pyridine rings is 1. The number of ether oxygens (including phenoxy) is 2. The fraction of sp³-hybridized carbons (Fsp3) is 0.333. The SMILES string of the molecule is COC(=O)c1c(CN)cnc(OC(F)(F)F)c1O. The van der Waals surface area contributed by atoms with Crippen LogP contribution in [-0.2, 0) is 11.3 Å². The second-order valence-electron chi connectivity index (χ2n) is 3.06. The number of nitrogens with zero attached hydrogens (tertiary/aromatic N) is 1. The molecule has 0 aliphatic rings. The molecule has 1 aromatic rings. The largest absolute Gasteiger partial charge is 0.574 e. The van der Waals surface area contributed by atoms with Crippen LogP contribution in [0.1, 0.15) is 15.9 Å². The first-order valence-electron chi connectivity index (χ1n) is 4.55. The summed E-state index contributed by atoms with van der Waals surface area (Å²) in [6.07, 6.45) is -4.14. The Kier molecular flexibility index (Phi) is 3.96. The summed E-state index contributed by atoms with van der Waals surface area (Å²) >= 11 is 0. The molecule has 0 aliphatic heterocycles. The van der Waals surface area contributed by atoms with Crippen LogP contribution in [0.2, 0.25) is 0 Å². The highest BCUT2D eigenvalue weighted by Crippen LogP contribution is 2.34. The van der Waals surface area contributed by atoms with Gasteiger partial charge in [-0.2, -0.15) is 0 Å². The minimum Gasteiger partial charge on any atom is -0.502 e. The molecule has 0 aromatic carbocycles. The number of hydrogen-bond donors (Lipinski definition) is 2. The Labute approximate surface area is 99.1 Å². The average Bonchev–Trinajstić information content (AvgIpc) is 2.29. The summed E-state index contributed by atoms with van der Waals surface area (Å²) in [5.41, 5.74) is 4.80. The van der Waals surface area contributed by atoms with Gasteiger partial charge in [-0.3, -0.25) is 0 Å². The van der Waals surface area contributed by atoms with E-state index in [1.165, 1.54) is 0 Å². The van der Waals surface area contributed by atoms with Gasteiger partial charge >= 0.3 is 12.3 Å². The van der Waals surface area contributed by atoms with E-state index in [0.717, 1.165) is 13.3 Å². The molecule has 0 saturated carbocycles. The van der Waals surface area contributed by atoms with Crippen LogP contribution in [-0.4, -0.2) is 29.5 Å². The van der Waals surface area contributed by atoms with Gasteiger partial charge in [0.1, 0.15) is 5.56 Å². The molecule has 0 aliphatic carbocycles. The highest BCUT2D eigenvalue weighted by Gasteiger charge is 2.34. The molecular formula is C9H9F3N2O4. The molecule has 0 atom stereocenters. The van der Waals surface area contributed by atoms with Crippen molar-refractivity contribution in [1.82, 2.24) is 4.98 Å². The number of carbonyl (C=O) groups excluding carboxylic acids is 1. The van der Waals surface area contributed by atoms with Gasteiger partial charge in [0, 0.05) is 18.3 Å². The molecule has 0 saturated heterocycles. The molecule has 0 fully saturated rings. The van der Waals surface area contributed by atoms with Crippen molar-refractivity contribution in [3.8, 4) is 11.6 Å². The predicted molar refractivity (Wildman–Crippen MR) is 51.8 cm³/mol. The molecule has 9 heteroatoms. The molecule has 0 radical (unpaired) electrons. The Hall–Kier alpha value is -2.03. The monoisotopic (exact) mass is 266 g/mol. The fourth-order valence-corrected chi connectivity index (χ4v) is 1.19. The Morgan fingerprint density at radius 3 is 2.61 bits per heavy atom. The maximum absolute atomic E-state index is 12.0. The topological polar surface area (TPSA) is 94.7 Å². The highest BCUT2D eigenvalue weighted by atomic mass is 19.4. The molecule has 1 heterocycles. The van der Waals surface area contributed by atoms with Gasteiger partial charge in [-0.1, -0.05) is 0 Å². The van der Waals surface area contributed by atoms with Gasteiger partial charge in [-0.25, -0.2) is 9.78 Å². The zero-order chi connectivity index (χ0) is 13.9. The van der Waals surface area contributed by atoms with Crippen LogP contribution < -0.4 is 10.5 Å². The lowest BCUT2D eigenvalue weighted by Gasteiger charge is -2.13. The van der Waals surface area contributed by atoms with Crippen LogP contribution in [0.15, 0.2) is 6.20 Å². The van der Waals surface area contributed by atoms with Crippen molar-refractivity contribution in [3.05, 3.63) is 17.3 Å². The minimum atomic E-state index is -5.04. The van der Waals surface area contributed by atoms with Crippen molar-refractivity contribution in [2.45, 2.75) is 12.9 Å². The van der Waals surface area contributed by atoms with E-state index in [1.54, 1.807) is 0 Å². The quantitative estimate of drug-likeness (QED) is 0.790. The summed E-state index contributed by atoms with van der Waals surface area (Å²) < 4.78 is 43.8. The molecular weight excluding hydrogens is 257 g/mol. The van der Waals surface area contributed by atoms with Gasteiger partial charge in [-0.15, -0.1) is 13.2 Å². The van der Waals surface area contributed by atoms with Gasteiger partial charge in [-0.05, 0) is 0 Å². The summed E-state index contributed by atoms with van der Waals surface area (Å²) in [5.74, 6) is -3.25. The summed E-state index contributed by atoms with van der Waals surface area (Å²) in [7, 11) is 1.01. The van der Waals surface area contributed by atoms with Crippen LogP contribution in [0.25, 0.3) is 0 Å². The zero-order valence-electron chi connectivity index (χ0n) is 9.11. The van der Waals surface area contributed by atoms with Gasteiger partial charge < -0.3 is 20.3 Å². The van der Waals surface area contributed by atoms with E-state index in [-0.39, 0.29) is 12.1 Å². The molecule has 0 unspecified atom stereocenters. The number of esters is 1. The number of methoxy groups -OCH3 is 1. The Morgan fingerprint density at radius 1 is 1.56 bits per heavy atom. The van der Waals surface area contributed by atoms with E-state index in [1.807, 2.05) is 0 Å². The molecule has 100 valence electrons. The number of hydrogen-bond acceptors (Lipinski definition) is 6. The van der Waals surface area contributed by atoms with Crippen molar-refractivity contribution >= 4 is 5.97 Å². The molecule has 0 amide bonds. The van der Waals surface area contributed by atoms with Crippen LogP contribution in [0, 0.1) is 0 Å². The van der Waals surface area contributed by atoms with Gasteiger partial charge in [0.15, 0.2) is 5.75 Å². The van der Waals surface area contributed by atoms with Crippen LogP contribution in [0.5, 0.6) is 11.6 Å². The third kappa shape index (κ3) is 3.00. The van der Waals surface area contributed by atoms with E-state index >= 15 is 0 Å². The summed E-state index contributed by atoms with van der Waals surface area (Å²) in [6, 6.07) is 0. The zero-order valence-corrected chi connectivity index (χ0v) is 9.11. The van der Waals surface area contributed by atoms with Crippen LogP contribution >= 0.6 is 0 Å². The summed E-state index contributed by atoms with van der Waals surface area (Å²) in [5, 5.41) is 9.52. The first kappa shape index (κ1) is 14.0. The van der Waals surface area contributed by atoms with Gasteiger partial charge in [0.25, 0.3) is 5.88 Å². The lowest BCUT2D eigenvalue weighted by atomic mass is 10.1. The standard InChI is InChI=1S/C9H9F3N2O4/c1-17-8(16)5-4(2-13)3-14-7(6(5)15)18-9(10,11)12/h3,15H,2,13H2,1H3. The third-order valence-electron chi connectivity index (χ3n) is 1.92. The summed E-state index contributed by atoms with van der Waals surface area (Å²) in [6.45, 7) is -0.211. The van der Waals surface area contributed by atoms with E-state index in [2.05, 4.69) is 14.5 Å². The lowest BCUT2D eigenvalue weighted by molar-refractivity contribution is -0.276. The smallest absolute Gasteiger partial charge is 0.502 e. The Balaban J connectivity index is 3.30. The normalized spacial score (nSPS) is 11.2. The van der Waals surface area contributed by atoms with Crippen LogP contribution in [0.4, 0.5) is 13.2 Å². The van der Waals surface area contributed by atoms with Crippen molar-refractivity contribution < 1.29 is 32.5 Å². The second kappa shape index (κ2) is 5.08. The van der Waals surface area contributed by atoms with Crippen molar-refractivity contribution in [3.63, 3.8) is 0 Å². The van der Waals surface area contributed by atoms with Gasteiger partial charge in [0.05, 0.1) is 7.11 Å². The van der Waals surface area contributed by atoms with Crippen molar-refractivity contribution in [2.75, 3.05) is 7.11 Å². The summed E-state index contributed by atoms with van der Waals surface area (Å²) in [4.78, 5) is 14.6. The van der Waals surface area contributed by atoms with Crippen molar-refractivity contribution in [2.24, 2.45) is 5.73 Å². The number of nitrogens with two attached hydrogens (primary N) is 1. The maximum Gasteiger partial charge on any atom is 0.574 e. The minimum absolute atomic E-state index is 0.0360. The molecule has 18 heavy (non-hydrogen) atoms. The van der Waals surface area contributed by atoms with Crippen molar-refractivity contribution in [1.29, 1.82) is 0 Å². The van der Waals surface area contributed by atoms with E-state index < -0.39 is 29.5 Å². The number of alkyl halides is 3. The number of halogens is 3. The van der Waals surface area contributed by atoms with E-state index in [4.69, 9.17) is 5.73 Å². The average molecular weight is 266 g/mol. The Bertz CT molecular complexity index is 462. The van der Waals surface area contributed by atoms with E-state index in [0.29, 0.717) is 0 Å². The van der Waals surface area contributed by atoms with Crippen LogP contribution in [0.3, 0.4) is 0 Å². The van der Waals surface area contributed by atoms with E-state index in [9.17, 15) is 23.1 Å². The first-order valence-corrected chi connectivity index (χ1v) is 4.55. The number of aromatic nitrogens is 1. The van der Waals surface area contributed by atoms with Gasteiger partial charge in [0.2, 0.25) is 0 Å². The number of rotatable bonds is 3. The lowest BCUT2D eigenvalue weighted by Crippen LogP contribution is -2.19. The Morgan fingerprint density at radius 2 is 2.17 bits per heavy atom.